The van der Waals surface area contributed by atoms with Crippen LogP contribution in [0.2, 0.25) is 0 Å². The first-order chi connectivity index (χ1) is 11.2. The lowest BCUT2D eigenvalue weighted by atomic mass is 9.47. The van der Waals surface area contributed by atoms with E-state index in [1.54, 1.807) is 4.90 Å². The fourth-order valence-corrected chi connectivity index (χ4v) is 6.23. The number of hydrogen-bond acceptors (Lipinski definition) is 6. The Hall–Kier alpha value is -1.20. The standard InChI is InChI=1S/C17H25N3O4/c18-4-12-2-1-3-20(12)13(21)5-19-14-6-15(22)9-16(23,7-14)11-17(24,8-14)10-15/h12,19,22-24H,1-3,5-11H2/t12-,14?,15?,16?,17?/m0/s1. The molecular formula is C17H25N3O4. The van der Waals surface area contributed by atoms with Gasteiger partial charge in [-0.1, -0.05) is 0 Å². The monoisotopic (exact) mass is 335 g/mol. The van der Waals surface area contributed by atoms with E-state index in [9.17, 15) is 20.1 Å². The van der Waals surface area contributed by atoms with Gasteiger partial charge in [0.2, 0.25) is 5.91 Å². The van der Waals surface area contributed by atoms with Gasteiger partial charge in [-0.3, -0.25) is 4.79 Å². The zero-order valence-corrected chi connectivity index (χ0v) is 13.8. The number of nitriles is 1. The Bertz CT molecular complexity index is 562. The molecule has 5 aliphatic rings. The zero-order valence-electron chi connectivity index (χ0n) is 13.8. The van der Waals surface area contributed by atoms with Crippen molar-refractivity contribution in [3.05, 3.63) is 0 Å². The Morgan fingerprint density at radius 1 is 1.08 bits per heavy atom. The van der Waals surface area contributed by atoms with E-state index in [4.69, 9.17) is 5.26 Å². The van der Waals surface area contributed by atoms with Crippen LogP contribution in [0.1, 0.15) is 51.4 Å². The molecule has 4 N–H and O–H groups in total. The van der Waals surface area contributed by atoms with Crippen molar-refractivity contribution in [3.8, 4) is 6.07 Å². The van der Waals surface area contributed by atoms with E-state index < -0.39 is 22.3 Å². The lowest BCUT2D eigenvalue weighted by Gasteiger charge is -2.66. The summed E-state index contributed by atoms with van der Waals surface area (Å²) in [5.41, 5.74) is -3.84. The van der Waals surface area contributed by atoms with Crippen LogP contribution in [-0.4, -0.2) is 67.6 Å². The third-order valence-electron chi connectivity index (χ3n) is 6.31. The summed E-state index contributed by atoms with van der Waals surface area (Å²) >= 11 is 0. The zero-order chi connectivity index (χ0) is 17.2. The van der Waals surface area contributed by atoms with Gasteiger partial charge in [-0.2, -0.15) is 5.26 Å². The topological polar surface area (TPSA) is 117 Å². The Morgan fingerprint density at radius 2 is 1.62 bits per heavy atom. The SMILES string of the molecule is N#C[C@@H]1CCCN1C(=O)CNC12CC3(O)CC(O)(CC(O)(C3)C1)C2. The number of carbonyl (C=O) groups is 1. The summed E-state index contributed by atoms with van der Waals surface area (Å²) in [6.45, 7) is 0.671. The Kier molecular flexibility index (Phi) is 3.33. The number of rotatable bonds is 3. The number of hydrogen-bond donors (Lipinski definition) is 4. The number of nitrogens with one attached hydrogen (secondary N) is 1. The maximum absolute atomic E-state index is 12.5. The smallest absolute Gasteiger partial charge is 0.237 e. The molecule has 132 valence electrons. The Labute approximate surface area is 141 Å². The van der Waals surface area contributed by atoms with Gasteiger partial charge in [-0.25, -0.2) is 0 Å². The molecule has 5 rings (SSSR count). The van der Waals surface area contributed by atoms with Gasteiger partial charge in [0.15, 0.2) is 0 Å². The van der Waals surface area contributed by atoms with Crippen LogP contribution in [-0.2, 0) is 4.79 Å². The lowest BCUT2D eigenvalue weighted by Crippen LogP contribution is -2.75. The van der Waals surface area contributed by atoms with E-state index in [1.165, 1.54) is 0 Å². The fourth-order valence-electron chi connectivity index (χ4n) is 6.23. The fraction of sp³-hybridized carbons (Fsp3) is 0.882. The van der Waals surface area contributed by atoms with Gasteiger partial charge in [0.05, 0.1) is 29.4 Å². The average molecular weight is 335 g/mol. The molecule has 1 atom stereocenters. The summed E-state index contributed by atoms with van der Waals surface area (Å²) in [5.74, 6) is -0.124. The summed E-state index contributed by atoms with van der Waals surface area (Å²) < 4.78 is 0. The molecule has 7 nitrogen and oxygen atoms in total. The van der Waals surface area contributed by atoms with Crippen LogP contribution in [0.4, 0.5) is 0 Å². The molecule has 0 radical (unpaired) electrons. The number of aliphatic hydroxyl groups is 3. The second-order valence-electron chi connectivity index (χ2n) is 8.74. The van der Waals surface area contributed by atoms with Gasteiger partial charge < -0.3 is 25.5 Å². The van der Waals surface area contributed by atoms with E-state index in [-0.39, 0.29) is 18.5 Å². The highest BCUT2D eigenvalue weighted by molar-refractivity contribution is 5.79. The molecule has 1 aliphatic heterocycles. The summed E-state index contributed by atoms with van der Waals surface area (Å²) in [4.78, 5) is 14.1. The van der Waals surface area contributed by atoms with Crippen LogP contribution in [0.25, 0.3) is 0 Å². The van der Waals surface area contributed by atoms with Crippen molar-refractivity contribution in [1.82, 2.24) is 10.2 Å². The van der Waals surface area contributed by atoms with Crippen LogP contribution in [0, 0.1) is 11.3 Å². The van der Waals surface area contributed by atoms with Crippen molar-refractivity contribution < 1.29 is 20.1 Å². The lowest BCUT2D eigenvalue weighted by molar-refractivity contribution is -0.264. The van der Waals surface area contributed by atoms with Crippen molar-refractivity contribution in [3.63, 3.8) is 0 Å². The summed E-state index contributed by atoms with van der Waals surface area (Å²) in [7, 11) is 0. The second kappa shape index (κ2) is 4.92. The molecule has 24 heavy (non-hydrogen) atoms. The molecule has 0 unspecified atom stereocenters. The van der Waals surface area contributed by atoms with E-state index in [0.29, 0.717) is 51.5 Å². The molecule has 7 heteroatoms. The molecule has 0 aromatic heterocycles. The molecule has 0 aromatic rings. The summed E-state index contributed by atoms with van der Waals surface area (Å²) in [6.07, 6.45) is 3.77. The largest absolute Gasteiger partial charge is 0.390 e. The van der Waals surface area contributed by atoms with Gasteiger partial charge in [0, 0.05) is 31.3 Å². The van der Waals surface area contributed by atoms with Crippen molar-refractivity contribution in [2.24, 2.45) is 0 Å². The average Bonchev–Trinajstić information content (AvgIpc) is 2.88. The minimum atomic E-state index is -1.07. The van der Waals surface area contributed by atoms with E-state index >= 15 is 0 Å². The highest BCUT2D eigenvalue weighted by atomic mass is 16.3. The first-order valence-corrected chi connectivity index (χ1v) is 8.79. The normalized spacial score (nSPS) is 49.4. The van der Waals surface area contributed by atoms with Crippen molar-refractivity contribution in [1.29, 1.82) is 5.26 Å². The van der Waals surface area contributed by atoms with Gasteiger partial charge in [-0.15, -0.1) is 0 Å². The van der Waals surface area contributed by atoms with E-state index in [0.717, 1.165) is 6.42 Å². The number of nitrogens with zero attached hydrogens (tertiary/aromatic N) is 2. The predicted octanol–water partition coefficient (Wildman–Crippen LogP) is -0.596. The van der Waals surface area contributed by atoms with Crippen LogP contribution < -0.4 is 5.32 Å². The van der Waals surface area contributed by atoms with Gasteiger partial charge in [-0.05, 0) is 32.1 Å². The Morgan fingerprint density at radius 3 is 2.12 bits per heavy atom. The van der Waals surface area contributed by atoms with Crippen molar-refractivity contribution in [2.75, 3.05) is 13.1 Å². The molecule has 4 aliphatic carbocycles. The molecule has 5 fully saturated rings. The third kappa shape index (κ3) is 2.53. The summed E-state index contributed by atoms with van der Waals surface area (Å²) in [6, 6.07) is 1.81. The Balaban J connectivity index is 1.49. The van der Waals surface area contributed by atoms with Crippen LogP contribution in [0.5, 0.6) is 0 Å². The van der Waals surface area contributed by atoms with Crippen molar-refractivity contribution >= 4 is 5.91 Å². The maximum Gasteiger partial charge on any atom is 0.237 e. The quantitative estimate of drug-likeness (QED) is 0.547. The molecule has 1 amide bonds. The molecule has 4 saturated carbocycles. The maximum atomic E-state index is 12.5. The second-order valence-corrected chi connectivity index (χ2v) is 8.74. The number of amides is 1. The van der Waals surface area contributed by atoms with Crippen molar-refractivity contribution in [2.45, 2.75) is 79.8 Å². The summed E-state index contributed by atoms with van der Waals surface area (Å²) in [5, 5.41) is 44.6. The molecular weight excluding hydrogens is 310 g/mol. The van der Waals surface area contributed by atoms with Gasteiger partial charge in [0.25, 0.3) is 0 Å². The highest BCUT2D eigenvalue weighted by Gasteiger charge is 2.67. The van der Waals surface area contributed by atoms with E-state index in [1.807, 2.05) is 0 Å². The number of carbonyl (C=O) groups excluding carboxylic acids is 1. The van der Waals surface area contributed by atoms with Crippen LogP contribution >= 0.6 is 0 Å². The minimum Gasteiger partial charge on any atom is -0.390 e. The molecule has 0 aromatic carbocycles. The first-order valence-electron chi connectivity index (χ1n) is 8.79. The highest BCUT2D eigenvalue weighted by Crippen LogP contribution is 2.60. The van der Waals surface area contributed by atoms with Gasteiger partial charge in [0.1, 0.15) is 6.04 Å². The van der Waals surface area contributed by atoms with Crippen LogP contribution in [0.15, 0.2) is 0 Å². The number of likely N-dealkylation sites (tertiary alicyclic amines) is 1. The molecule has 1 saturated heterocycles. The predicted molar refractivity (Wildman–Crippen MR) is 83.6 cm³/mol. The molecule has 1 heterocycles. The first kappa shape index (κ1) is 16.3. The molecule has 0 spiro atoms. The molecule has 4 bridgehead atoms. The third-order valence-corrected chi connectivity index (χ3v) is 6.31. The van der Waals surface area contributed by atoms with E-state index in [2.05, 4.69) is 11.4 Å². The minimum absolute atomic E-state index is 0.0699. The van der Waals surface area contributed by atoms with Gasteiger partial charge >= 0.3 is 0 Å². The van der Waals surface area contributed by atoms with Crippen LogP contribution in [0.3, 0.4) is 0 Å².